The summed E-state index contributed by atoms with van der Waals surface area (Å²) < 4.78 is 59.1. The molecule has 2 aromatic carbocycles. The number of carbonyl (C=O) groups is 1. The molecule has 3 aromatic rings. The van der Waals surface area contributed by atoms with Crippen LogP contribution in [-0.2, 0) is 14.8 Å². The lowest BCUT2D eigenvalue weighted by Crippen LogP contribution is -2.14. The standard InChI is InChI=1S/C22H19F2N3O4S/c1-13-21(25-22(28)15-5-6-15)20(31-26-13)11-4-14-2-8-17(9-3-14)32(29,30)27-19-10-7-16(23)12-18(19)24/h2-4,7-12,15,27H,5-6H2,1H3,(H,25,28)/b11-4-. The van der Waals surface area contributed by atoms with Crippen molar-refractivity contribution in [2.75, 3.05) is 10.0 Å². The smallest absolute Gasteiger partial charge is 0.261 e. The Morgan fingerprint density at radius 2 is 1.84 bits per heavy atom. The van der Waals surface area contributed by atoms with E-state index in [1.807, 2.05) is 0 Å². The van der Waals surface area contributed by atoms with Crippen molar-refractivity contribution >= 4 is 39.5 Å². The third kappa shape index (κ3) is 4.86. The Morgan fingerprint density at radius 3 is 2.50 bits per heavy atom. The molecule has 7 nitrogen and oxygen atoms in total. The fourth-order valence-corrected chi connectivity index (χ4v) is 4.00. The summed E-state index contributed by atoms with van der Waals surface area (Å²) in [4.78, 5) is 12.0. The van der Waals surface area contributed by atoms with Gasteiger partial charge in [0.1, 0.15) is 23.0 Å². The lowest BCUT2D eigenvalue weighted by molar-refractivity contribution is -0.117. The van der Waals surface area contributed by atoms with Crippen molar-refractivity contribution in [3.63, 3.8) is 0 Å². The van der Waals surface area contributed by atoms with E-state index in [0.717, 1.165) is 25.0 Å². The first-order chi connectivity index (χ1) is 15.2. The Bertz CT molecular complexity index is 1300. The zero-order chi connectivity index (χ0) is 22.9. The molecule has 0 aliphatic heterocycles. The van der Waals surface area contributed by atoms with Crippen LogP contribution in [0.1, 0.15) is 29.9 Å². The average molecular weight is 459 g/mol. The molecular weight excluding hydrogens is 440 g/mol. The van der Waals surface area contributed by atoms with E-state index in [4.69, 9.17) is 4.52 Å². The second-order valence-corrected chi connectivity index (χ2v) is 9.09. The fourth-order valence-electron chi connectivity index (χ4n) is 2.93. The van der Waals surface area contributed by atoms with Crippen LogP contribution in [-0.4, -0.2) is 19.5 Å². The molecule has 0 atom stereocenters. The van der Waals surface area contributed by atoms with Crippen molar-refractivity contribution in [2.45, 2.75) is 24.7 Å². The van der Waals surface area contributed by atoms with Crippen LogP contribution < -0.4 is 10.0 Å². The summed E-state index contributed by atoms with van der Waals surface area (Å²) in [6.07, 6.45) is 5.05. The Kier molecular flexibility index (Phi) is 5.79. The van der Waals surface area contributed by atoms with E-state index in [-0.39, 0.29) is 22.4 Å². The van der Waals surface area contributed by atoms with Gasteiger partial charge in [-0.25, -0.2) is 17.2 Å². The largest absolute Gasteiger partial charge is 0.354 e. The van der Waals surface area contributed by atoms with Crippen molar-refractivity contribution in [1.29, 1.82) is 0 Å². The van der Waals surface area contributed by atoms with Crippen molar-refractivity contribution in [3.05, 3.63) is 71.1 Å². The molecule has 1 saturated carbocycles. The first-order valence-electron chi connectivity index (χ1n) is 9.76. The summed E-state index contributed by atoms with van der Waals surface area (Å²) in [6.45, 7) is 1.72. The molecule has 0 bridgehead atoms. The molecule has 1 aliphatic carbocycles. The molecule has 2 N–H and O–H groups in total. The monoisotopic (exact) mass is 459 g/mol. The van der Waals surface area contributed by atoms with E-state index in [1.54, 1.807) is 31.2 Å². The Morgan fingerprint density at radius 1 is 1.12 bits per heavy atom. The highest BCUT2D eigenvalue weighted by Gasteiger charge is 2.30. The number of halogens is 2. The number of hydrogen-bond acceptors (Lipinski definition) is 5. The van der Waals surface area contributed by atoms with E-state index >= 15 is 0 Å². The first-order valence-corrected chi connectivity index (χ1v) is 11.2. The van der Waals surface area contributed by atoms with Crippen LogP contribution >= 0.6 is 0 Å². The molecule has 0 radical (unpaired) electrons. The Hall–Kier alpha value is -3.53. The summed E-state index contributed by atoms with van der Waals surface area (Å²) >= 11 is 0. The van der Waals surface area contributed by atoms with E-state index in [2.05, 4.69) is 15.2 Å². The summed E-state index contributed by atoms with van der Waals surface area (Å²) in [6, 6.07) is 8.38. The molecule has 1 amide bonds. The fraction of sp³-hybridized carbons (Fsp3) is 0.182. The second kappa shape index (κ2) is 8.54. The number of amides is 1. The maximum absolute atomic E-state index is 13.8. The van der Waals surface area contributed by atoms with Gasteiger partial charge in [0, 0.05) is 12.0 Å². The van der Waals surface area contributed by atoms with Crippen LogP contribution in [0.5, 0.6) is 0 Å². The van der Waals surface area contributed by atoms with Gasteiger partial charge in [0.2, 0.25) is 5.91 Å². The van der Waals surface area contributed by atoms with Gasteiger partial charge in [-0.2, -0.15) is 0 Å². The Balaban J connectivity index is 1.48. The number of benzene rings is 2. The number of aromatic nitrogens is 1. The SMILES string of the molecule is Cc1noc(/C=C\c2ccc(S(=O)(=O)Nc3ccc(F)cc3F)cc2)c1NC(=O)C1CC1. The molecule has 1 aliphatic rings. The minimum Gasteiger partial charge on any atom is -0.354 e. The highest BCUT2D eigenvalue weighted by Crippen LogP contribution is 2.32. The van der Waals surface area contributed by atoms with Gasteiger partial charge in [0.05, 0.1) is 10.6 Å². The van der Waals surface area contributed by atoms with Crippen molar-refractivity contribution in [1.82, 2.24) is 5.16 Å². The third-order valence-corrected chi connectivity index (χ3v) is 6.26. The zero-order valence-corrected chi connectivity index (χ0v) is 17.7. The van der Waals surface area contributed by atoms with E-state index in [1.165, 1.54) is 12.1 Å². The summed E-state index contributed by atoms with van der Waals surface area (Å²) in [5, 5.41) is 6.71. The summed E-state index contributed by atoms with van der Waals surface area (Å²) in [5.41, 5.74) is 1.37. The average Bonchev–Trinajstić information content (AvgIpc) is 3.55. The second-order valence-electron chi connectivity index (χ2n) is 7.40. The number of sulfonamides is 1. The van der Waals surface area contributed by atoms with Gasteiger partial charge in [-0.15, -0.1) is 0 Å². The molecule has 4 rings (SSSR count). The van der Waals surface area contributed by atoms with Gasteiger partial charge in [-0.1, -0.05) is 23.4 Å². The van der Waals surface area contributed by atoms with Crippen molar-refractivity contribution in [3.8, 4) is 0 Å². The molecule has 166 valence electrons. The molecule has 10 heteroatoms. The number of anilines is 2. The number of hydrogen-bond donors (Lipinski definition) is 2. The quantitative estimate of drug-likeness (QED) is 0.539. The van der Waals surface area contributed by atoms with Gasteiger partial charge in [-0.3, -0.25) is 9.52 Å². The highest BCUT2D eigenvalue weighted by molar-refractivity contribution is 7.92. The van der Waals surface area contributed by atoms with E-state index < -0.39 is 21.7 Å². The minimum atomic E-state index is -4.06. The summed E-state index contributed by atoms with van der Waals surface area (Å²) in [5.74, 6) is -1.47. The van der Waals surface area contributed by atoms with Gasteiger partial charge in [0.25, 0.3) is 10.0 Å². The van der Waals surface area contributed by atoms with Gasteiger partial charge < -0.3 is 9.84 Å². The zero-order valence-electron chi connectivity index (χ0n) is 16.9. The number of nitrogens with zero attached hydrogens (tertiary/aromatic N) is 1. The lowest BCUT2D eigenvalue weighted by Gasteiger charge is -2.09. The lowest BCUT2D eigenvalue weighted by atomic mass is 10.2. The molecule has 0 saturated heterocycles. The topological polar surface area (TPSA) is 101 Å². The minimum absolute atomic E-state index is 0.0348. The molecule has 1 aromatic heterocycles. The number of carbonyl (C=O) groups excluding carboxylic acids is 1. The Labute approximate surface area is 183 Å². The van der Waals surface area contributed by atoms with Gasteiger partial charge in [-0.05, 0) is 55.7 Å². The molecule has 1 heterocycles. The van der Waals surface area contributed by atoms with E-state index in [0.29, 0.717) is 28.8 Å². The van der Waals surface area contributed by atoms with Crippen molar-refractivity contribution in [2.24, 2.45) is 5.92 Å². The molecular formula is C22H19F2N3O4S. The number of nitrogens with one attached hydrogen (secondary N) is 2. The van der Waals surface area contributed by atoms with Crippen LogP contribution in [0.2, 0.25) is 0 Å². The third-order valence-electron chi connectivity index (χ3n) is 4.88. The highest BCUT2D eigenvalue weighted by atomic mass is 32.2. The molecule has 32 heavy (non-hydrogen) atoms. The molecule has 1 fully saturated rings. The van der Waals surface area contributed by atoms with Crippen LogP contribution in [0.25, 0.3) is 12.2 Å². The summed E-state index contributed by atoms with van der Waals surface area (Å²) in [7, 11) is -4.06. The molecule has 0 unspecified atom stereocenters. The van der Waals surface area contributed by atoms with Crippen LogP contribution in [0.3, 0.4) is 0 Å². The van der Waals surface area contributed by atoms with E-state index in [9.17, 15) is 22.0 Å². The normalized spacial score (nSPS) is 14.0. The molecule has 0 spiro atoms. The van der Waals surface area contributed by atoms with Gasteiger partial charge in [0.15, 0.2) is 5.76 Å². The van der Waals surface area contributed by atoms with Crippen molar-refractivity contribution < 1.29 is 26.5 Å². The number of rotatable bonds is 7. The number of aryl methyl sites for hydroxylation is 1. The van der Waals surface area contributed by atoms with Gasteiger partial charge >= 0.3 is 0 Å². The first kappa shape index (κ1) is 21.7. The van der Waals surface area contributed by atoms with Crippen LogP contribution in [0, 0.1) is 24.5 Å². The maximum atomic E-state index is 13.8. The predicted molar refractivity (Wildman–Crippen MR) is 115 cm³/mol. The maximum Gasteiger partial charge on any atom is 0.261 e. The van der Waals surface area contributed by atoms with Crippen LogP contribution in [0.4, 0.5) is 20.2 Å². The predicted octanol–water partition coefficient (Wildman–Crippen LogP) is 4.58. The van der Waals surface area contributed by atoms with Crippen LogP contribution in [0.15, 0.2) is 51.9 Å².